The minimum atomic E-state index is -0.227. The fraction of sp³-hybridized carbons (Fsp3) is 0.174. The highest BCUT2D eigenvalue weighted by Gasteiger charge is 2.43. The third kappa shape index (κ3) is 3.04. The van der Waals surface area contributed by atoms with Crippen LogP contribution in [0.1, 0.15) is 28.5 Å². The van der Waals surface area contributed by atoms with Gasteiger partial charge in [-0.15, -0.1) is 6.58 Å². The molecule has 4 nitrogen and oxygen atoms in total. The topological polar surface area (TPSA) is 47.8 Å². The van der Waals surface area contributed by atoms with Gasteiger partial charge in [0.2, 0.25) is 5.78 Å². The zero-order chi connectivity index (χ0) is 18.8. The summed E-state index contributed by atoms with van der Waals surface area (Å²) in [5.74, 6) is 0.302. The molecule has 0 saturated heterocycles. The molecule has 2 aromatic heterocycles. The van der Waals surface area contributed by atoms with E-state index in [1.807, 2.05) is 65.5 Å². The maximum Gasteiger partial charge on any atom is 0.202 e. The van der Waals surface area contributed by atoms with E-state index in [2.05, 4.69) is 23.1 Å². The van der Waals surface area contributed by atoms with Gasteiger partial charge in [0.25, 0.3) is 0 Å². The quantitative estimate of drug-likeness (QED) is 0.496. The van der Waals surface area contributed by atoms with E-state index in [9.17, 15) is 4.79 Å². The van der Waals surface area contributed by atoms with Gasteiger partial charge in [-0.1, -0.05) is 42.5 Å². The van der Waals surface area contributed by atoms with Gasteiger partial charge in [-0.2, -0.15) is 0 Å². The monoisotopic (exact) mass is 355 g/mol. The number of ketones is 1. The summed E-state index contributed by atoms with van der Waals surface area (Å²) in [6.45, 7) is 8.18. The predicted octanol–water partition coefficient (Wildman–Crippen LogP) is 4.61. The number of nitrogens with zero attached hydrogens (tertiary/aromatic N) is 3. The average molecular weight is 355 g/mol. The highest BCUT2D eigenvalue weighted by Crippen LogP contribution is 2.48. The van der Waals surface area contributed by atoms with E-state index in [-0.39, 0.29) is 23.5 Å². The molecule has 0 aliphatic heterocycles. The van der Waals surface area contributed by atoms with Crippen LogP contribution in [0.3, 0.4) is 0 Å². The standard InChI is InChI=1S/C23H21N3O/c1-3-19-16(2)14-20(21(19)17-8-7-11-24-15-17)22(27)23-25-12-13-26(23)18-9-5-4-6-10-18/h3-13,15,19-21H,1-2,14H2/t19-,20-,21-/m0/s1. The molecule has 2 heterocycles. The van der Waals surface area contributed by atoms with E-state index in [1.54, 1.807) is 12.4 Å². The molecule has 27 heavy (non-hydrogen) atoms. The largest absolute Gasteiger partial charge is 0.297 e. The van der Waals surface area contributed by atoms with Crippen LogP contribution in [-0.4, -0.2) is 20.3 Å². The molecule has 4 rings (SSSR count). The lowest BCUT2D eigenvalue weighted by Gasteiger charge is -2.22. The fourth-order valence-electron chi connectivity index (χ4n) is 4.08. The molecule has 0 N–H and O–H groups in total. The van der Waals surface area contributed by atoms with Crippen molar-refractivity contribution in [1.29, 1.82) is 0 Å². The van der Waals surface area contributed by atoms with Gasteiger partial charge >= 0.3 is 0 Å². The third-order valence-electron chi connectivity index (χ3n) is 5.33. The fourth-order valence-corrected chi connectivity index (χ4v) is 4.08. The number of hydrogen-bond donors (Lipinski definition) is 0. The minimum absolute atomic E-state index is 0.0166. The Balaban J connectivity index is 1.74. The maximum absolute atomic E-state index is 13.5. The van der Waals surface area contributed by atoms with E-state index >= 15 is 0 Å². The number of pyridine rings is 1. The van der Waals surface area contributed by atoms with E-state index in [0.717, 1.165) is 16.8 Å². The highest BCUT2D eigenvalue weighted by atomic mass is 16.1. The van der Waals surface area contributed by atoms with Crippen molar-refractivity contribution in [2.45, 2.75) is 12.3 Å². The van der Waals surface area contributed by atoms with Crippen LogP contribution >= 0.6 is 0 Å². The number of rotatable bonds is 5. The Morgan fingerprint density at radius 3 is 2.67 bits per heavy atom. The molecule has 134 valence electrons. The summed E-state index contributed by atoms with van der Waals surface area (Å²) >= 11 is 0. The normalized spacial score (nSPS) is 21.9. The third-order valence-corrected chi connectivity index (χ3v) is 5.33. The molecule has 0 unspecified atom stereocenters. The molecule has 1 saturated carbocycles. The van der Waals surface area contributed by atoms with Gasteiger partial charge in [0.1, 0.15) is 0 Å². The van der Waals surface area contributed by atoms with Gasteiger partial charge in [0.15, 0.2) is 5.82 Å². The first-order valence-electron chi connectivity index (χ1n) is 9.04. The molecule has 1 aromatic carbocycles. The average Bonchev–Trinajstić information content (AvgIpc) is 3.33. The van der Waals surface area contributed by atoms with Gasteiger partial charge in [0.05, 0.1) is 0 Å². The van der Waals surface area contributed by atoms with Crippen molar-refractivity contribution in [1.82, 2.24) is 14.5 Å². The molecular formula is C23H21N3O. The van der Waals surface area contributed by atoms with Crippen LogP contribution < -0.4 is 0 Å². The van der Waals surface area contributed by atoms with Crippen molar-refractivity contribution in [2.24, 2.45) is 11.8 Å². The van der Waals surface area contributed by atoms with Crippen LogP contribution in [0, 0.1) is 11.8 Å². The number of hydrogen-bond acceptors (Lipinski definition) is 3. The first kappa shape index (κ1) is 17.2. The second kappa shape index (κ2) is 7.16. The lowest BCUT2D eigenvalue weighted by Crippen LogP contribution is -2.23. The number of allylic oxidation sites excluding steroid dienone is 2. The van der Waals surface area contributed by atoms with Crippen molar-refractivity contribution in [3.05, 3.63) is 103 Å². The maximum atomic E-state index is 13.5. The highest BCUT2D eigenvalue weighted by molar-refractivity contribution is 5.96. The zero-order valence-corrected chi connectivity index (χ0v) is 15.0. The van der Waals surface area contributed by atoms with Gasteiger partial charge in [0, 0.05) is 48.2 Å². The SMILES string of the molecule is C=C[C@H]1C(=C)C[C@H](C(=O)c2nccn2-c2ccccc2)[C@H]1c1cccnc1. The van der Waals surface area contributed by atoms with Crippen molar-refractivity contribution in [2.75, 3.05) is 0 Å². The predicted molar refractivity (Wildman–Crippen MR) is 106 cm³/mol. The van der Waals surface area contributed by atoms with E-state index in [0.29, 0.717) is 12.2 Å². The Labute approximate surface area is 158 Å². The van der Waals surface area contributed by atoms with Crippen LogP contribution in [0.15, 0.2) is 92.1 Å². The molecule has 3 atom stereocenters. The van der Waals surface area contributed by atoms with Crippen molar-refractivity contribution < 1.29 is 4.79 Å². The molecule has 0 spiro atoms. The minimum Gasteiger partial charge on any atom is -0.297 e. The first-order chi connectivity index (χ1) is 13.2. The Hall–Kier alpha value is -3.27. The molecule has 3 aromatic rings. The Morgan fingerprint density at radius 2 is 1.96 bits per heavy atom. The molecule has 4 heteroatoms. The van der Waals surface area contributed by atoms with E-state index in [4.69, 9.17) is 0 Å². The number of imidazole rings is 1. The van der Waals surface area contributed by atoms with Gasteiger partial charge in [-0.3, -0.25) is 14.3 Å². The van der Waals surface area contributed by atoms with Crippen LogP contribution in [0.5, 0.6) is 0 Å². The van der Waals surface area contributed by atoms with Gasteiger partial charge in [-0.05, 0) is 30.2 Å². The smallest absolute Gasteiger partial charge is 0.202 e. The van der Waals surface area contributed by atoms with E-state index in [1.165, 1.54) is 0 Å². The van der Waals surface area contributed by atoms with Crippen LogP contribution in [0.25, 0.3) is 5.69 Å². The lowest BCUT2D eigenvalue weighted by molar-refractivity contribution is 0.0897. The summed E-state index contributed by atoms with van der Waals surface area (Å²) in [5, 5.41) is 0. The molecule has 1 aliphatic rings. The zero-order valence-electron chi connectivity index (χ0n) is 15.0. The number of carbonyl (C=O) groups is 1. The summed E-state index contributed by atoms with van der Waals surface area (Å²) in [4.78, 5) is 22.1. The summed E-state index contributed by atoms with van der Waals surface area (Å²) in [5.41, 5.74) is 3.00. The van der Waals surface area contributed by atoms with Crippen molar-refractivity contribution in [3.63, 3.8) is 0 Å². The summed E-state index contributed by atoms with van der Waals surface area (Å²) in [7, 11) is 0. The summed E-state index contributed by atoms with van der Waals surface area (Å²) in [6, 6.07) is 13.7. The van der Waals surface area contributed by atoms with Crippen LogP contribution in [-0.2, 0) is 0 Å². The number of carbonyl (C=O) groups excluding carboxylic acids is 1. The molecule has 1 fully saturated rings. The second-order valence-electron chi connectivity index (χ2n) is 6.86. The number of para-hydroxylation sites is 1. The molecule has 0 bridgehead atoms. The van der Waals surface area contributed by atoms with Crippen molar-refractivity contribution in [3.8, 4) is 5.69 Å². The summed E-state index contributed by atoms with van der Waals surface area (Å²) in [6.07, 6.45) is 9.62. The Morgan fingerprint density at radius 1 is 1.15 bits per heavy atom. The molecule has 0 amide bonds. The Kier molecular flexibility index (Phi) is 4.55. The van der Waals surface area contributed by atoms with Crippen LogP contribution in [0.4, 0.5) is 0 Å². The number of Topliss-reactive ketones (excluding diaryl/α,β-unsaturated/α-hetero) is 1. The lowest BCUT2D eigenvalue weighted by atomic mass is 9.81. The van der Waals surface area contributed by atoms with Gasteiger partial charge in [-0.25, -0.2) is 4.98 Å². The second-order valence-corrected chi connectivity index (χ2v) is 6.86. The van der Waals surface area contributed by atoms with Crippen molar-refractivity contribution >= 4 is 5.78 Å². The number of aromatic nitrogens is 3. The van der Waals surface area contributed by atoms with Crippen LogP contribution in [0.2, 0.25) is 0 Å². The molecule has 1 aliphatic carbocycles. The number of benzene rings is 1. The molecular weight excluding hydrogens is 334 g/mol. The molecule has 0 radical (unpaired) electrons. The summed E-state index contributed by atoms with van der Waals surface area (Å²) < 4.78 is 1.85. The van der Waals surface area contributed by atoms with Gasteiger partial charge < -0.3 is 0 Å². The Bertz CT molecular complexity index is 975. The van der Waals surface area contributed by atoms with E-state index < -0.39 is 0 Å². The first-order valence-corrected chi connectivity index (χ1v) is 9.04.